The molecule has 0 aliphatic carbocycles. The lowest BCUT2D eigenvalue weighted by Gasteiger charge is -2.29. The number of hydrogen-bond acceptors (Lipinski definition) is 4. The normalized spacial score (nSPS) is 12.2. The summed E-state index contributed by atoms with van der Waals surface area (Å²) in [7, 11) is 1.80. The van der Waals surface area contributed by atoms with Crippen LogP contribution in [-0.4, -0.2) is 46.0 Å². The van der Waals surface area contributed by atoms with Crippen molar-refractivity contribution in [3.05, 3.63) is 59.7 Å². The molecule has 2 aromatic carbocycles. The molecule has 164 valence electrons. The Morgan fingerprint density at radius 2 is 1.67 bits per heavy atom. The van der Waals surface area contributed by atoms with Crippen LogP contribution in [0.2, 0.25) is 19.6 Å². The lowest BCUT2D eigenvalue weighted by Crippen LogP contribution is -2.44. The second kappa shape index (κ2) is 11.1. The van der Waals surface area contributed by atoms with E-state index in [1.54, 1.807) is 14.2 Å². The minimum absolute atomic E-state index is 0.235. The zero-order valence-electron chi connectivity index (χ0n) is 19.1. The Morgan fingerprint density at radius 1 is 1.00 bits per heavy atom. The summed E-state index contributed by atoms with van der Waals surface area (Å²) < 4.78 is 16.4. The first-order valence-electron chi connectivity index (χ1n) is 10.4. The fraction of sp³-hybridized carbons (Fsp3) is 0.458. The molecular weight excluding hydrogens is 394 g/mol. The summed E-state index contributed by atoms with van der Waals surface area (Å²) in [6.45, 7) is 9.93. The average molecular weight is 430 g/mol. The number of hydrogen-bond donors (Lipinski definition) is 0. The highest BCUT2D eigenvalue weighted by Crippen LogP contribution is 2.31. The van der Waals surface area contributed by atoms with E-state index in [2.05, 4.69) is 32.6 Å². The molecule has 2 rings (SSSR count). The van der Waals surface area contributed by atoms with Crippen molar-refractivity contribution < 1.29 is 19.0 Å². The smallest absolute Gasteiger partial charge is 0.409 e. The summed E-state index contributed by atoms with van der Waals surface area (Å²) in [5, 5.41) is 0. The number of ether oxygens (including phenoxy) is 3. The fourth-order valence-corrected chi connectivity index (χ4v) is 4.73. The van der Waals surface area contributed by atoms with Crippen molar-refractivity contribution in [2.75, 3.05) is 26.9 Å². The van der Waals surface area contributed by atoms with E-state index in [4.69, 9.17) is 14.2 Å². The van der Waals surface area contributed by atoms with E-state index in [0.717, 1.165) is 29.7 Å². The molecule has 5 nitrogen and oxygen atoms in total. The van der Waals surface area contributed by atoms with Crippen LogP contribution in [0.3, 0.4) is 0 Å². The van der Waals surface area contributed by atoms with E-state index in [0.29, 0.717) is 13.2 Å². The van der Waals surface area contributed by atoms with Crippen LogP contribution in [0.1, 0.15) is 30.4 Å². The highest BCUT2D eigenvalue weighted by atomic mass is 28.3. The van der Waals surface area contributed by atoms with Gasteiger partial charge in [0.1, 0.15) is 6.61 Å². The molecule has 1 atom stereocenters. The maximum absolute atomic E-state index is 12.8. The van der Waals surface area contributed by atoms with E-state index in [9.17, 15) is 4.79 Å². The third kappa shape index (κ3) is 7.41. The van der Waals surface area contributed by atoms with Gasteiger partial charge < -0.3 is 19.1 Å². The number of nitrogens with zero attached hydrogens (tertiary/aromatic N) is 1. The molecule has 30 heavy (non-hydrogen) atoms. The Morgan fingerprint density at radius 3 is 2.27 bits per heavy atom. The largest absolute Gasteiger partial charge is 0.493 e. The standard InChI is InChI=1S/C24H35NO4Si/c1-19(21-12-13-22(27-2)23(16-21)28-3)14-15-25(18-30(4,5)6)24(26)29-17-20-10-8-7-9-11-20/h7-13,16,19H,14-15,17-18H2,1-6H3. The average Bonchev–Trinajstić information content (AvgIpc) is 2.74. The van der Waals surface area contributed by atoms with Crippen molar-refractivity contribution in [3.63, 3.8) is 0 Å². The molecule has 0 saturated heterocycles. The van der Waals surface area contributed by atoms with Gasteiger partial charge in [-0.15, -0.1) is 0 Å². The van der Waals surface area contributed by atoms with Crippen molar-refractivity contribution in [2.45, 2.75) is 45.5 Å². The molecule has 0 bridgehead atoms. The van der Waals surface area contributed by atoms with Crippen LogP contribution in [0, 0.1) is 0 Å². The summed E-state index contributed by atoms with van der Waals surface area (Å²) >= 11 is 0. The highest BCUT2D eigenvalue weighted by molar-refractivity contribution is 6.76. The number of carbonyl (C=O) groups is 1. The van der Waals surface area contributed by atoms with Crippen LogP contribution in [0.5, 0.6) is 11.5 Å². The third-order valence-electron chi connectivity index (χ3n) is 4.94. The Hall–Kier alpha value is -2.47. The number of methoxy groups -OCH3 is 2. The monoisotopic (exact) mass is 429 g/mol. The van der Waals surface area contributed by atoms with Gasteiger partial charge in [0, 0.05) is 12.7 Å². The van der Waals surface area contributed by atoms with Crippen molar-refractivity contribution in [2.24, 2.45) is 0 Å². The van der Waals surface area contributed by atoms with Gasteiger partial charge in [0.05, 0.1) is 22.3 Å². The molecule has 0 saturated carbocycles. The molecule has 0 heterocycles. The lowest BCUT2D eigenvalue weighted by molar-refractivity contribution is 0.101. The summed E-state index contributed by atoms with van der Waals surface area (Å²) in [5.74, 6) is 1.72. The number of rotatable bonds is 10. The van der Waals surface area contributed by atoms with E-state index < -0.39 is 8.07 Å². The van der Waals surface area contributed by atoms with Crippen molar-refractivity contribution in [1.29, 1.82) is 0 Å². The quantitative estimate of drug-likeness (QED) is 0.454. The first-order valence-corrected chi connectivity index (χ1v) is 14.1. The van der Waals surface area contributed by atoms with E-state index in [1.807, 2.05) is 47.4 Å². The van der Waals surface area contributed by atoms with Crippen LogP contribution in [-0.2, 0) is 11.3 Å². The topological polar surface area (TPSA) is 48.0 Å². The fourth-order valence-electron chi connectivity index (χ4n) is 3.29. The Balaban J connectivity index is 2.02. The van der Waals surface area contributed by atoms with Crippen molar-refractivity contribution in [3.8, 4) is 11.5 Å². The first-order chi connectivity index (χ1) is 14.2. The van der Waals surface area contributed by atoms with Gasteiger partial charge in [-0.25, -0.2) is 4.79 Å². The van der Waals surface area contributed by atoms with Crippen LogP contribution < -0.4 is 9.47 Å². The second-order valence-corrected chi connectivity index (χ2v) is 14.3. The van der Waals surface area contributed by atoms with E-state index in [-0.39, 0.29) is 12.0 Å². The van der Waals surface area contributed by atoms with Crippen molar-refractivity contribution >= 4 is 14.2 Å². The first kappa shape index (κ1) is 23.8. The predicted molar refractivity (Wildman–Crippen MR) is 124 cm³/mol. The summed E-state index contributed by atoms with van der Waals surface area (Å²) in [5.41, 5.74) is 2.16. The molecule has 1 amide bonds. The third-order valence-corrected chi connectivity index (χ3v) is 6.27. The van der Waals surface area contributed by atoms with Crippen LogP contribution in [0.4, 0.5) is 4.79 Å². The second-order valence-electron chi connectivity index (χ2n) is 8.83. The molecule has 0 spiro atoms. The molecule has 1 unspecified atom stereocenters. The van der Waals surface area contributed by atoms with Crippen molar-refractivity contribution in [1.82, 2.24) is 4.90 Å². The molecular formula is C24H35NO4Si. The maximum Gasteiger partial charge on any atom is 0.409 e. The molecule has 2 aromatic rings. The molecule has 0 aromatic heterocycles. The van der Waals surface area contributed by atoms with E-state index in [1.165, 1.54) is 5.56 Å². The maximum atomic E-state index is 12.8. The SMILES string of the molecule is COc1ccc(C(C)CCN(C[Si](C)(C)C)C(=O)OCc2ccccc2)cc1OC. The van der Waals surface area contributed by atoms with Gasteiger partial charge >= 0.3 is 6.09 Å². The zero-order chi connectivity index (χ0) is 22.1. The van der Waals surface area contributed by atoms with Crippen LogP contribution in [0.25, 0.3) is 0 Å². The van der Waals surface area contributed by atoms with Gasteiger partial charge in [0.2, 0.25) is 0 Å². The summed E-state index contributed by atoms with van der Waals surface area (Å²) in [4.78, 5) is 14.7. The molecule has 0 aliphatic heterocycles. The number of amides is 1. The van der Waals surface area contributed by atoms with Gasteiger partial charge in [-0.05, 0) is 35.6 Å². The Bertz CT molecular complexity index is 805. The van der Waals surface area contributed by atoms with Crippen LogP contribution >= 0.6 is 0 Å². The zero-order valence-corrected chi connectivity index (χ0v) is 20.1. The van der Waals surface area contributed by atoms with E-state index >= 15 is 0 Å². The van der Waals surface area contributed by atoms with Gasteiger partial charge in [0.25, 0.3) is 0 Å². The lowest BCUT2D eigenvalue weighted by atomic mass is 9.97. The number of carbonyl (C=O) groups excluding carboxylic acids is 1. The molecule has 0 radical (unpaired) electrons. The molecule has 0 N–H and O–H groups in total. The van der Waals surface area contributed by atoms with Gasteiger partial charge in [-0.1, -0.05) is 63.0 Å². The number of benzene rings is 2. The van der Waals surface area contributed by atoms with Gasteiger partial charge in [-0.2, -0.15) is 0 Å². The Labute approximate surface area is 182 Å². The van der Waals surface area contributed by atoms with Crippen LogP contribution in [0.15, 0.2) is 48.5 Å². The predicted octanol–water partition coefficient (Wildman–Crippen LogP) is 5.71. The van der Waals surface area contributed by atoms with Gasteiger partial charge in [0.15, 0.2) is 11.5 Å². The highest BCUT2D eigenvalue weighted by Gasteiger charge is 2.24. The molecule has 6 heteroatoms. The minimum atomic E-state index is -1.48. The Kier molecular flexibility index (Phi) is 8.78. The molecule has 0 aliphatic rings. The summed E-state index contributed by atoms with van der Waals surface area (Å²) in [6, 6.07) is 15.8. The minimum Gasteiger partial charge on any atom is -0.493 e. The molecule has 0 fully saturated rings. The summed E-state index contributed by atoms with van der Waals surface area (Å²) in [6.07, 6.45) is 1.39. The van der Waals surface area contributed by atoms with Gasteiger partial charge in [-0.3, -0.25) is 0 Å².